The number of hydrogen-bond acceptors (Lipinski definition) is 5. The first-order valence-corrected chi connectivity index (χ1v) is 17.6. The molecule has 0 unspecified atom stereocenters. The number of fused-ring (bicyclic) bond motifs is 5. The summed E-state index contributed by atoms with van der Waals surface area (Å²) < 4.78 is 85.8. The smallest absolute Gasteiger partial charge is 0.164 e. The normalized spacial score (nSPS) is 13.8. The predicted molar refractivity (Wildman–Crippen MR) is 224 cm³/mol. The second-order valence-corrected chi connectivity index (χ2v) is 13.1. The minimum absolute atomic E-state index is 0.000812. The van der Waals surface area contributed by atoms with Crippen molar-refractivity contribution in [1.82, 2.24) is 15.0 Å². The molecular formula is C49H31N3OS. The molecule has 10 rings (SSSR count). The van der Waals surface area contributed by atoms with Gasteiger partial charge in [-0.2, -0.15) is 0 Å². The van der Waals surface area contributed by atoms with E-state index in [0.29, 0.717) is 11.1 Å². The molecule has 0 aliphatic heterocycles. The van der Waals surface area contributed by atoms with Crippen LogP contribution in [0, 0.1) is 0 Å². The molecule has 0 amide bonds. The van der Waals surface area contributed by atoms with Crippen molar-refractivity contribution in [1.29, 1.82) is 0 Å². The van der Waals surface area contributed by atoms with Gasteiger partial charge in [-0.1, -0.05) is 158 Å². The van der Waals surface area contributed by atoms with E-state index in [2.05, 4.69) is 6.07 Å². The molecule has 4 nitrogen and oxygen atoms in total. The van der Waals surface area contributed by atoms with Crippen LogP contribution in [-0.4, -0.2) is 15.0 Å². The summed E-state index contributed by atoms with van der Waals surface area (Å²) in [6.07, 6.45) is 0. The van der Waals surface area contributed by atoms with Crippen LogP contribution in [0.3, 0.4) is 0 Å². The van der Waals surface area contributed by atoms with Gasteiger partial charge in [0.15, 0.2) is 17.5 Å². The minimum atomic E-state index is -0.569. The molecule has 10 aromatic rings. The zero-order valence-electron chi connectivity index (χ0n) is 37.3. The summed E-state index contributed by atoms with van der Waals surface area (Å²) in [7, 11) is 0. The van der Waals surface area contributed by atoms with E-state index in [-0.39, 0.29) is 55.7 Å². The molecule has 0 atom stereocenters. The van der Waals surface area contributed by atoms with Crippen LogP contribution in [0.25, 0.3) is 100 Å². The Morgan fingerprint density at radius 1 is 0.463 bits per heavy atom. The van der Waals surface area contributed by atoms with E-state index in [1.54, 1.807) is 0 Å². The van der Waals surface area contributed by atoms with Crippen molar-refractivity contribution in [2.75, 3.05) is 0 Å². The van der Waals surface area contributed by atoms with E-state index in [0.717, 1.165) is 38.3 Å². The van der Waals surface area contributed by atoms with Gasteiger partial charge in [0.1, 0.15) is 11.2 Å². The van der Waals surface area contributed by atoms with Crippen molar-refractivity contribution < 1.29 is 16.8 Å². The molecule has 0 fully saturated rings. The second-order valence-electron chi connectivity index (χ2n) is 12.7. The third-order valence-electron chi connectivity index (χ3n) is 9.39. The number of nitrogens with zero attached hydrogens (tertiary/aromatic N) is 3. The van der Waals surface area contributed by atoms with Gasteiger partial charge < -0.3 is 4.42 Å². The molecule has 0 saturated heterocycles. The fourth-order valence-electron chi connectivity index (χ4n) is 6.84. The molecule has 54 heavy (non-hydrogen) atoms. The average molecular weight is 719 g/mol. The third-order valence-corrected chi connectivity index (χ3v) is 9.77. The molecule has 254 valence electrons. The van der Waals surface area contributed by atoms with Crippen LogP contribution in [0.15, 0.2) is 191 Å². The van der Waals surface area contributed by atoms with Crippen molar-refractivity contribution in [2.24, 2.45) is 0 Å². The highest BCUT2D eigenvalue weighted by atomic mass is 32.1. The van der Waals surface area contributed by atoms with Gasteiger partial charge in [0, 0.05) is 43.3 Å². The predicted octanol–water partition coefficient (Wildman–Crippen LogP) is 13.2. The third kappa shape index (κ3) is 5.63. The summed E-state index contributed by atoms with van der Waals surface area (Å²) in [4.78, 5) is 15.6. The Labute approximate surface area is 330 Å². The number of benzene rings is 8. The molecule has 8 aromatic carbocycles. The quantitative estimate of drug-likeness (QED) is 0.174. The molecule has 0 radical (unpaired) electrons. The van der Waals surface area contributed by atoms with E-state index >= 15 is 0 Å². The van der Waals surface area contributed by atoms with Gasteiger partial charge in [0.25, 0.3) is 0 Å². The van der Waals surface area contributed by atoms with Crippen LogP contribution in [0.4, 0.5) is 0 Å². The molecule has 2 aromatic heterocycles. The Morgan fingerprint density at radius 2 is 1.13 bits per heavy atom. The minimum Gasteiger partial charge on any atom is -0.455 e. The van der Waals surface area contributed by atoms with Crippen molar-refractivity contribution in [3.63, 3.8) is 0 Å². The maximum absolute atomic E-state index is 9.34. The summed E-state index contributed by atoms with van der Waals surface area (Å²) in [6.45, 7) is 0. The molecule has 0 bridgehead atoms. The molecule has 0 spiro atoms. The fraction of sp³-hybridized carbons (Fsp3) is 0. The molecule has 5 heteroatoms. The highest BCUT2D eigenvalue weighted by Gasteiger charge is 2.19. The number of hydrogen-bond donors (Lipinski definition) is 1. The van der Waals surface area contributed by atoms with Gasteiger partial charge in [0.05, 0.1) is 12.3 Å². The second kappa shape index (κ2) is 13.3. The van der Waals surface area contributed by atoms with E-state index in [1.165, 1.54) is 0 Å². The van der Waals surface area contributed by atoms with Crippen molar-refractivity contribution >= 4 is 45.3 Å². The van der Waals surface area contributed by atoms with Gasteiger partial charge in [-0.05, 0) is 57.4 Å². The number of rotatable bonds is 6. The summed E-state index contributed by atoms with van der Waals surface area (Å²) in [5, 5.41) is -0.433. The topological polar surface area (TPSA) is 51.8 Å². The zero-order chi connectivity index (χ0) is 43.8. The van der Waals surface area contributed by atoms with Crippen molar-refractivity contribution in [3.8, 4) is 67.5 Å². The SMILES string of the molecule is [2H]c1c([2H])c(-c2nc(-c3ccc(-c4c(S)cccc4-c4ccccc4)cc3)nc(-c3cccc(-c4ccccc4)c3)n2)c2c(oc3c4c([2H])c([2H])c([2H])c([2H])c4c([2H])c([2H])c32)c1[2H]. The maximum Gasteiger partial charge on any atom is 0.164 e. The monoisotopic (exact) mass is 718 g/mol. The lowest BCUT2D eigenvalue weighted by molar-refractivity contribution is 0.672. The van der Waals surface area contributed by atoms with Crippen molar-refractivity contribution in [2.45, 2.75) is 4.90 Å². The molecule has 0 saturated carbocycles. The van der Waals surface area contributed by atoms with Crippen LogP contribution in [-0.2, 0) is 0 Å². The Hall–Kier alpha value is -6.82. The lowest BCUT2D eigenvalue weighted by Crippen LogP contribution is -2.00. The van der Waals surface area contributed by atoms with Crippen LogP contribution in [0.1, 0.15) is 12.3 Å². The summed E-state index contributed by atoms with van der Waals surface area (Å²) in [6, 6.07) is 36.7. The summed E-state index contributed by atoms with van der Waals surface area (Å²) in [5.41, 5.74) is 6.52. The number of thiol groups is 1. The first kappa shape index (κ1) is 23.7. The van der Waals surface area contributed by atoms with E-state index < -0.39 is 54.4 Å². The fourth-order valence-corrected chi connectivity index (χ4v) is 7.17. The van der Waals surface area contributed by atoms with Gasteiger partial charge in [-0.15, -0.1) is 12.6 Å². The largest absolute Gasteiger partial charge is 0.455 e. The van der Waals surface area contributed by atoms with Gasteiger partial charge in [0.2, 0.25) is 0 Å². The Balaban J connectivity index is 1.24. The first-order chi connectivity index (χ1) is 30.4. The summed E-state index contributed by atoms with van der Waals surface area (Å²) in [5.74, 6) is 0.392. The Bertz CT molecular complexity index is 3510. The average Bonchev–Trinajstić information content (AvgIpc) is 3.71. The molecule has 0 aliphatic rings. The summed E-state index contributed by atoms with van der Waals surface area (Å²) >= 11 is 4.85. The molecule has 0 N–H and O–H groups in total. The lowest BCUT2D eigenvalue weighted by atomic mass is 9.94. The van der Waals surface area contributed by atoms with E-state index in [9.17, 15) is 2.74 Å². The van der Waals surface area contributed by atoms with Gasteiger partial charge >= 0.3 is 0 Å². The molecule has 2 heterocycles. The highest BCUT2D eigenvalue weighted by Crippen LogP contribution is 2.41. The van der Waals surface area contributed by atoms with Crippen molar-refractivity contribution in [3.05, 3.63) is 182 Å². The number of aromatic nitrogens is 3. The Morgan fingerprint density at radius 3 is 1.94 bits per heavy atom. The van der Waals surface area contributed by atoms with E-state index in [1.807, 2.05) is 121 Å². The standard InChI is InChI=1S/C49H31N3OS/c54-43-23-11-20-38(32-14-5-2-6-15-32)44(43)34-24-26-35(27-25-34)47-50-48(37-18-9-17-36(30-37)31-12-3-1-4-13-31)52-49(51-47)41-21-10-22-42-45(41)40-29-28-33-16-7-8-19-39(33)46(40)53-42/h1-30,54H/i7D,8D,10D,16D,19D,21D,22D,28D,29D. The van der Waals surface area contributed by atoms with Crippen LogP contribution in [0.2, 0.25) is 0 Å². The molecular weight excluding hydrogens is 679 g/mol. The molecule has 0 aliphatic carbocycles. The maximum atomic E-state index is 9.34. The Kier molecular flexibility index (Phi) is 5.83. The van der Waals surface area contributed by atoms with Gasteiger partial charge in [-0.3, -0.25) is 0 Å². The van der Waals surface area contributed by atoms with Crippen LogP contribution >= 0.6 is 12.6 Å². The van der Waals surface area contributed by atoms with Gasteiger partial charge in [-0.25, -0.2) is 15.0 Å². The highest BCUT2D eigenvalue weighted by molar-refractivity contribution is 7.80. The first-order valence-electron chi connectivity index (χ1n) is 21.7. The van der Waals surface area contributed by atoms with Crippen LogP contribution < -0.4 is 0 Å². The van der Waals surface area contributed by atoms with E-state index in [4.69, 9.17) is 41.6 Å². The number of furan rings is 1. The zero-order valence-corrected chi connectivity index (χ0v) is 29.2. The van der Waals surface area contributed by atoms with Crippen LogP contribution in [0.5, 0.6) is 0 Å². The lowest BCUT2D eigenvalue weighted by Gasteiger charge is -2.14.